The zero-order valence-electron chi connectivity index (χ0n) is 10.5. The lowest BCUT2D eigenvalue weighted by atomic mass is 10.3. The van der Waals surface area contributed by atoms with Crippen LogP contribution in [0.5, 0.6) is 0 Å². The van der Waals surface area contributed by atoms with Gasteiger partial charge >= 0.3 is 0 Å². The molecule has 6 heteroatoms. The van der Waals surface area contributed by atoms with E-state index >= 15 is 0 Å². The van der Waals surface area contributed by atoms with E-state index in [2.05, 4.69) is 10.3 Å². The van der Waals surface area contributed by atoms with E-state index in [1.807, 2.05) is 6.92 Å². The summed E-state index contributed by atoms with van der Waals surface area (Å²) in [6.45, 7) is 4.27. The van der Waals surface area contributed by atoms with Gasteiger partial charge < -0.3 is 20.1 Å². The number of aryl methyl sites for hydroxylation is 1. The molecule has 0 fully saturated rings. The maximum absolute atomic E-state index is 11.7. The second-order valence-corrected chi connectivity index (χ2v) is 3.94. The third-order valence-corrected chi connectivity index (χ3v) is 2.23. The molecule has 1 atom stereocenters. The first-order valence-electron chi connectivity index (χ1n) is 5.78. The van der Waals surface area contributed by atoms with Crippen LogP contribution in [0.1, 0.15) is 23.1 Å². The molecule has 1 rings (SSSR count). The summed E-state index contributed by atoms with van der Waals surface area (Å²) in [7, 11) is 0. The number of hydrogen-bond donors (Lipinski definition) is 3. The van der Waals surface area contributed by atoms with E-state index in [4.69, 9.17) is 4.74 Å². The van der Waals surface area contributed by atoms with Crippen LogP contribution in [0.3, 0.4) is 0 Å². The number of amides is 1. The van der Waals surface area contributed by atoms with Gasteiger partial charge in [-0.2, -0.15) is 0 Å². The first kappa shape index (κ1) is 14.4. The van der Waals surface area contributed by atoms with E-state index < -0.39 is 12.0 Å². The normalized spacial score (nSPS) is 12.2. The molecule has 100 valence electrons. The molecule has 1 heterocycles. The van der Waals surface area contributed by atoms with Crippen LogP contribution >= 0.6 is 0 Å². The molecule has 0 spiro atoms. The van der Waals surface area contributed by atoms with Crippen molar-refractivity contribution < 1.29 is 14.6 Å². The Morgan fingerprint density at radius 2 is 2.28 bits per heavy atom. The molecule has 1 amide bonds. The maximum atomic E-state index is 11.7. The molecule has 0 saturated heterocycles. The summed E-state index contributed by atoms with van der Waals surface area (Å²) >= 11 is 0. The average Bonchev–Trinajstić information content (AvgIpc) is 2.32. The van der Waals surface area contributed by atoms with E-state index in [0.29, 0.717) is 12.3 Å². The van der Waals surface area contributed by atoms with E-state index in [1.54, 1.807) is 6.92 Å². The number of rotatable bonds is 6. The largest absolute Gasteiger partial charge is 0.389 e. The summed E-state index contributed by atoms with van der Waals surface area (Å²) in [6, 6.07) is 2.62. The molecule has 0 aliphatic heterocycles. The molecule has 0 aliphatic rings. The SMILES string of the molecule is CCOC[C@@H](O)CNC(=O)c1cc(=O)cc(C)[nH]1. The van der Waals surface area contributed by atoms with Crippen LogP contribution in [0, 0.1) is 6.92 Å². The molecular weight excluding hydrogens is 236 g/mol. The van der Waals surface area contributed by atoms with Crippen molar-refractivity contribution in [1.29, 1.82) is 0 Å². The number of pyridine rings is 1. The highest BCUT2D eigenvalue weighted by atomic mass is 16.5. The number of H-pyrrole nitrogens is 1. The summed E-state index contributed by atoms with van der Waals surface area (Å²) in [5, 5.41) is 12.0. The molecule has 1 aromatic heterocycles. The van der Waals surface area contributed by atoms with E-state index in [0.717, 1.165) is 0 Å². The van der Waals surface area contributed by atoms with Gasteiger partial charge in [0.1, 0.15) is 5.69 Å². The second kappa shape index (κ2) is 6.93. The van der Waals surface area contributed by atoms with Crippen molar-refractivity contribution in [2.45, 2.75) is 20.0 Å². The Hall–Kier alpha value is -1.66. The quantitative estimate of drug-likeness (QED) is 0.656. The fourth-order valence-electron chi connectivity index (χ4n) is 1.42. The number of aliphatic hydroxyl groups is 1. The van der Waals surface area contributed by atoms with Crippen molar-refractivity contribution in [3.8, 4) is 0 Å². The number of ether oxygens (including phenoxy) is 1. The summed E-state index contributed by atoms with van der Waals surface area (Å²) < 4.78 is 5.01. The van der Waals surface area contributed by atoms with Crippen molar-refractivity contribution in [3.63, 3.8) is 0 Å². The highest BCUT2D eigenvalue weighted by Gasteiger charge is 2.10. The zero-order chi connectivity index (χ0) is 13.5. The third kappa shape index (κ3) is 4.68. The predicted octanol–water partition coefficient (Wildman–Crippen LogP) is -0.189. The topological polar surface area (TPSA) is 91.4 Å². The van der Waals surface area contributed by atoms with Gasteiger partial charge in [-0.1, -0.05) is 0 Å². The summed E-state index contributed by atoms with van der Waals surface area (Å²) in [6.07, 6.45) is -0.759. The molecule has 3 N–H and O–H groups in total. The van der Waals surface area contributed by atoms with Crippen LogP contribution in [-0.2, 0) is 4.74 Å². The minimum atomic E-state index is -0.759. The first-order valence-corrected chi connectivity index (χ1v) is 5.78. The van der Waals surface area contributed by atoms with Crippen LogP contribution in [0.2, 0.25) is 0 Å². The van der Waals surface area contributed by atoms with Gasteiger partial charge in [-0.25, -0.2) is 0 Å². The van der Waals surface area contributed by atoms with Gasteiger partial charge in [-0.05, 0) is 13.8 Å². The van der Waals surface area contributed by atoms with Gasteiger partial charge in [0.2, 0.25) is 0 Å². The van der Waals surface area contributed by atoms with Crippen molar-refractivity contribution >= 4 is 5.91 Å². The van der Waals surface area contributed by atoms with Crippen LogP contribution in [-0.4, -0.2) is 41.9 Å². The number of aromatic amines is 1. The minimum absolute atomic E-state index is 0.0782. The Kier molecular flexibility index (Phi) is 5.54. The van der Waals surface area contributed by atoms with Gasteiger partial charge in [0.15, 0.2) is 5.43 Å². The predicted molar refractivity (Wildman–Crippen MR) is 66.6 cm³/mol. The number of carbonyl (C=O) groups is 1. The fraction of sp³-hybridized carbons (Fsp3) is 0.500. The fourth-order valence-corrected chi connectivity index (χ4v) is 1.42. The molecule has 0 unspecified atom stereocenters. The molecule has 18 heavy (non-hydrogen) atoms. The standard InChI is InChI=1S/C12H18N2O4/c1-3-18-7-10(16)6-13-12(17)11-5-9(15)4-8(2)14-11/h4-5,10,16H,3,6-7H2,1-2H3,(H,13,17)(H,14,15)/t10-/m0/s1. The summed E-state index contributed by atoms with van der Waals surface area (Å²) in [4.78, 5) is 25.7. The molecule has 0 bridgehead atoms. The number of aliphatic hydroxyl groups excluding tert-OH is 1. The molecule has 0 radical (unpaired) electrons. The van der Waals surface area contributed by atoms with Gasteiger partial charge in [0, 0.05) is 31.0 Å². The van der Waals surface area contributed by atoms with Crippen molar-refractivity contribution in [2.24, 2.45) is 0 Å². The Morgan fingerprint density at radius 3 is 2.89 bits per heavy atom. The summed E-state index contributed by atoms with van der Waals surface area (Å²) in [5.74, 6) is -0.425. The Morgan fingerprint density at radius 1 is 1.56 bits per heavy atom. The van der Waals surface area contributed by atoms with Crippen molar-refractivity contribution in [3.05, 3.63) is 33.7 Å². The second-order valence-electron chi connectivity index (χ2n) is 3.94. The number of hydrogen-bond acceptors (Lipinski definition) is 4. The zero-order valence-corrected chi connectivity index (χ0v) is 10.5. The van der Waals surface area contributed by atoms with E-state index in [-0.39, 0.29) is 24.3 Å². The van der Waals surface area contributed by atoms with Gasteiger partial charge in [-0.3, -0.25) is 9.59 Å². The van der Waals surface area contributed by atoms with Crippen LogP contribution in [0.25, 0.3) is 0 Å². The van der Waals surface area contributed by atoms with Crippen LogP contribution in [0.15, 0.2) is 16.9 Å². The Bertz CT molecular complexity index is 456. The van der Waals surface area contributed by atoms with Gasteiger partial charge in [-0.15, -0.1) is 0 Å². The van der Waals surface area contributed by atoms with Crippen molar-refractivity contribution in [1.82, 2.24) is 10.3 Å². The summed E-state index contributed by atoms with van der Waals surface area (Å²) in [5.41, 5.74) is 0.567. The lowest BCUT2D eigenvalue weighted by molar-refractivity contribution is 0.0417. The Balaban J connectivity index is 2.52. The highest BCUT2D eigenvalue weighted by molar-refractivity contribution is 5.92. The number of aromatic nitrogens is 1. The lowest BCUT2D eigenvalue weighted by Crippen LogP contribution is -2.35. The molecule has 0 aliphatic carbocycles. The highest BCUT2D eigenvalue weighted by Crippen LogP contribution is 1.94. The number of nitrogens with one attached hydrogen (secondary N) is 2. The van der Waals surface area contributed by atoms with E-state index in [9.17, 15) is 14.7 Å². The lowest BCUT2D eigenvalue weighted by Gasteiger charge is -2.11. The monoisotopic (exact) mass is 254 g/mol. The van der Waals surface area contributed by atoms with Crippen molar-refractivity contribution in [2.75, 3.05) is 19.8 Å². The molecule has 1 aromatic rings. The molecule has 6 nitrogen and oxygen atoms in total. The smallest absolute Gasteiger partial charge is 0.267 e. The van der Waals surface area contributed by atoms with E-state index in [1.165, 1.54) is 12.1 Å². The molecule has 0 aromatic carbocycles. The minimum Gasteiger partial charge on any atom is -0.389 e. The van der Waals surface area contributed by atoms with Crippen LogP contribution in [0.4, 0.5) is 0 Å². The third-order valence-electron chi connectivity index (χ3n) is 2.23. The molecular formula is C12H18N2O4. The average molecular weight is 254 g/mol. The number of carbonyl (C=O) groups excluding carboxylic acids is 1. The first-order chi connectivity index (χ1) is 8.52. The maximum Gasteiger partial charge on any atom is 0.267 e. The Labute approximate surface area is 105 Å². The van der Waals surface area contributed by atoms with Gasteiger partial charge in [0.25, 0.3) is 5.91 Å². The van der Waals surface area contributed by atoms with Gasteiger partial charge in [0.05, 0.1) is 12.7 Å². The molecule has 0 saturated carbocycles. The van der Waals surface area contributed by atoms with Crippen LogP contribution < -0.4 is 10.7 Å².